The van der Waals surface area contributed by atoms with E-state index >= 15 is 0 Å². The Morgan fingerprint density at radius 2 is 2.29 bits per heavy atom. The number of aryl methyl sites for hydroxylation is 1. The predicted octanol–water partition coefficient (Wildman–Crippen LogP) is 2.43. The van der Waals surface area contributed by atoms with E-state index < -0.39 is 12.0 Å². The number of aliphatic carboxylic acids is 1. The van der Waals surface area contributed by atoms with Crippen LogP contribution in [0.25, 0.3) is 0 Å². The smallest absolute Gasteiger partial charge is 0.326 e. The van der Waals surface area contributed by atoms with Gasteiger partial charge in [0.1, 0.15) is 11.9 Å². The maximum absolute atomic E-state index is 11.3. The third-order valence-corrected chi connectivity index (χ3v) is 3.15. The van der Waals surface area contributed by atoms with Crippen molar-refractivity contribution in [2.75, 3.05) is 0 Å². The summed E-state index contributed by atoms with van der Waals surface area (Å²) in [5.74, 6) is 0.179. The van der Waals surface area contributed by atoms with Gasteiger partial charge < -0.3 is 9.67 Å². The van der Waals surface area contributed by atoms with E-state index in [2.05, 4.69) is 25.8 Å². The SMILES string of the molecule is CC(C)(C)Cc1ncc2n1C(C(=O)O)CCC2. The molecular weight excluding hydrogens is 216 g/mol. The Balaban J connectivity index is 2.37. The highest BCUT2D eigenvalue weighted by atomic mass is 16.4. The zero-order valence-electron chi connectivity index (χ0n) is 10.7. The van der Waals surface area contributed by atoms with Crippen LogP contribution in [0.3, 0.4) is 0 Å². The molecule has 4 heteroatoms. The molecule has 1 unspecified atom stereocenters. The van der Waals surface area contributed by atoms with Gasteiger partial charge in [0.15, 0.2) is 0 Å². The second-order valence-electron chi connectivity index (χ2n) is 6.02. The predicted molar refractivity (Wildman–Crippen MR) is 65.0 cm³/mol. The summed E-state index contributed by atoms with van der Waals surface area (Å²) in [6, 6.07) is -0.418. The summed E-state index contributed by atoms with van der Waals surface area (Å²) in [7, 11) is 0. The molecule has 1 aromatic heterocycles. The average Bonchev–Trinajstić information content (AvgIpc) is 2.59. The summed E-state index contributed by atoms with van der Waals surface area (Å²) in [5.41, 5.74) is 1.20. The van der Waals surface area contributed by atoms with Crippen molar-refractivity contribution in [3.05, 3.63) is 17.7 Å². The monoisotopic (exact) mass is 236 g/mol. The van der Waals surface area contributed by atoms with Gasteiger partial charge in [0.2, 0.25) is 0 Å². The Morgan fingerprint density at radius 3 is 2.88 bits per heavy atom. The minimum atomic E-state index is -0.737. The number of carboxylic acids is 1. The third kappa shape index (κ3) is 2.51. The lowest BCUT2D eigenvalue weighted by molar-refractivity contribution is -0.141. The van der Waals surface area contributed by atoms with E-state index in [1.54, 1.807) is 0 Å². The second kappa shape index (κ2) is 4.17. The average molecular weight is 236 g/mol. The van der Waals surface area contributed by atoms with Crippen molar-refractivity contribution in [1.29, 1.82) is 0 Å². The van der Waals surface area contributed by atoms with Crippen LogP contribution in [-0.4, -0.2) is 20.6 Å². The first-order chi connectivity index (χ1) is 7.88. The van der Waals surface area contributed by atoms with Crippen molar-refractivity contribution in [2.24, 2.45) is 5.41 Å². The minimum absolute atomic E-state index is 0.128. The van der Waals surface area contributed by atoms with E-state index in [0.717, 1.165) is 37.2 Å². The van der Waals surface area contributed by atoms with Crippen molar-refractivity contribution in [3.8, 4) is 0 Å². The number of hydrogen-bond acceptors (Lipinski definition) is 2. The number of carbonyl (C=O) groups is 1. The summed E-state index contributed by atoms with van der Waals surface area (Å²) in [6.07, 6.45) is 5.27. The molecule has 1 aliphatic heterocycles. The molecule has 1 atom stereocenters. The van der Waals surface area contributed by atoms with E-state index in [1.807, 2.05) is 10.8 Å². The summed E-state index contributed by atoms with van der Waals surface area (Å²) in [5, 5.41) is 9.28. The second-order valence-corrected chi connectivity index (χ2v) is 6.02. The largest absolute Gasteiger partial charge is 0.480 e. The van der Waals surface area contributed by atoms with Gasteiger partial charge in [-0.1, -0.05) is 20.8 Å². The Bertz CT molecular complexity index is 429. The first-order valence-corrected chi connectivity index (χ1v) is 6.16. The highest BCUT2D eigenvalue weighted by Gasteiger charge is 2.29. The third-order valence-electron chi connectivity index (χ3n) is 3.15. The Kier molecular flexibility index (Phi) is 2.98. The maximum Gasteiger partial charge on any atom is 0.326 e. The van der Waals surface area contributed by atoms with Gasteiger partial charge in [0, 0.05) is 18.3 Å². The van der Waals surface area contributed by atoms with E-state index in [-0.39, 0.29) is 5.41 Å². The minimum Gasteiger partial charge on any atom is -0.480 e. The topological polar surface area (TPSA) is 55.1 Å². The highest BCUT2D eigenvalue weighted by molar-refractivity contribution is 5.72. The molecule has 1 aliphatic rings. The summed E-state index contributed by atoms with van der Waals surface area (Å²) >= 11 is 0. The lowest BCUT2D eigenvalue weighted by Crippen LogP contribution is -2.27. The molecule has 0 fully saturated rings. The number of hydrogen-bond donors (Lipinski definition) is 1. The van der Waals surface area contributed by atoms with Gasteiger partial charge in [-0.15, -0.1) is 0 Å². The molecule has 0 radical (unpaired) electrons. The highest BCUT2D eigenvalue weighted by Crippen LogP contribution is 2.29. The standard InChI is InChI=1S/C13H20N2O2/c1-13(2,3)7-11-14-8-9-5-4-6-10(12(16)17)15(9)11/h8,10H,4-7H2,1-3H3,(H,16,17). The summed E-state index contributed by atoms with van der Waals surface area (Å²) < 4.78 is 1.94. The molecule has 0 aromatic carbocycles. The molecule has 1 N–H and O–H groups in total. The number of nitrogens with zero attached hydrogens (tertiary/aromatic N) is 2. The van der Waals surface area contributed by atoms with Crippen LogP contribution in [0.5, 0.6) is 0 Å². The van der Waals surface area contributed by atoms with Crippen LogP contribution in [-0.2, 0) is 17.6 Å². The molecule has 0 saturated heterocycles. The van der Waals surface area contributed by atoms with Crippen molar-refractivity contribution in [3.63, 3.8) is 0 Å². The van der Waals surface area contributed by atoms with Gasteiger partial charge in [-0.3, -0.25) is 0 Å². The molecule has 2 heterocycles. The normalized spacial score (nSPS) is 20.1. The quantitative estimate of drug-likeness (QED) is 0.858. The van der Waals surface area contributed by atoms with Crippen molar-refractivity contribution in [1.82, 2.24) is 9.55 Å². The fourth-order valence-corrected chi connectivity index (χ4v) is 2.45. The molecule has 94 valence electrons. The zero-order chi connectivity index (χ0) is 12.6. The first-order valence-electron chi connectivity index (χ1n) is 6.16. The fourth-order valence-electron chi connectivity index (χ4n) is 2.45. The number of aromatic nitrogens is 2. The summed E-state index contributed by atoms with van der Waals surface area (Å²) in [6.45, 7) is 6.44. The molecule has 0 spiro atoms. The fraction of sp³-hybridized carbons (Fsp3) is 0.692. The lowest BCUT2D eigenvalue weighted by atomic mass is 9.91. The Hall–Kier alpha value is -1.32. The van der Waals surface area contributed by atoms with Crippen LogP contribution in [0, 0.1) is 5.41 Å². The van der Waals surface area contributed by atoms with Gasteiger partial charge in [-0.05, 0) is 24.7 Å². The van der Waals surface area contributed by atoms with Crippen LogP contribution in [0.1, 0.15) is 51.2 Å². The van der Waals surface area contributed by atoms with E-state index in [4.69, 9.17) is 0 Å². The number of imidazole rings is 1. The van der Waals surface area contributed by atoms with Crippen LogP contribution in [0.4, 0.5) is 0 Å². The van der Waals surface area contributed by atoms with Gasteiger partial charge in [0.05, 0.1) is 0 Å². The van der Waals surface area contributed by atoms with E-state index in [1.165, 1.54) is 0 Å². The van der Waals surface area contributed by atoms with E-state index in [9.17, 15) is 9.90 Å². The Labute approximate surface area is 102 Å². The van der Waals surface area contributed by atoms with Gasteiger partial charge in [0.25, 0.3) is 0 Å². The lowest BCUT2D eigenvalue weighted by Gasteiger charge is -2.26. The summed E-state index contributed by atoms with van der Waals surface area (Å²) in [4.78, 5) is 15.7. The maximum atomic E-state index is 11.3. The van der Waals surface area contributed by atoms with Crippen molar-refractivity contribution >= 4 is 5.97 Å². The van der Waals surface area contributed by atoms with Crippen LogP contribution in [0.15, 0.2) is 6.20 Å². The molecular formula is C13H20N2O2. The molecule has 0 saturated carbocycles. The van der Waals surface area contributed by atoms with Crippen molar-refractivity contribution in [2.45, 2.75) is 52.5 Å². The van der Waals surface area contributed by atoms with Gasteiger partial charge >= 0.3 is 5.97 Å². The number of carboxylic acid groups (broad SMARTS) is 1. The zero-order valence-corrected chi connectivity index (χ0v) is 10.7. The molecule has 0 bridgehead atoms. The molecule has 0 aliphatic carbocycles. The molecule has 0 amide bonds. The molecule has 17 heavy (non-hydrogen) atoms. The molecule has 4 nitrogen and oxygen atoms in total. The van der Waals surface area contributed by atoms with Gasteiger partial charge in [-0.2, -0.15) is 0 Å². The van der Waals surface area contributed by atoms with E-state index in [0.29, 0.717) is 0 Å². The first kappa shape index (κ1) is 12.1. The number of rotatable bonds is 2. The number of fused-ring (bicyclic) bond motifs is 1. The van der Waals surface area contributed by atoms with Crippen LogP contribution in [0.2, 0.25) is 0 Å². The van der Waals surface area contributed by atoms with Gasteiger partial charge in [-0.25, -0.2) is 9.78 Å². The molecule has 2 rings (SSSR count). The van der Waals surface area contributed by atoms with Crippen molar-refractivity contribution < 1.29 is 9.90 Å². The van der Waals surface area contributed by atoms with Crippen LogP contribution >= 0.6 is 0 Å². The van der Waals surface area contributed by atoms with Crippen LogP contribution < -0.4 is 0 Å². The Morgan fingerprint density at radius 1 is 1.59 bits per heavy atom. The molecule has 1 aromatic rings.